The van der Waals surface area contributed by atoms with E-state index in [9.17, 15) is 9.90 Å². The standard InChI is InChI=1S/C23H20N2O6/c1-28-19-9-13(10-20(29-2)22(19)30-3)18-11-17-21(31-18)16(4-5-25-17)12-6-14(23(24)27)8-15(26)7-12/h4-11,26H,1-3H3,(H2,24,27). The van der Waals surface area contributed by atoms with Crippen LogP contribution in [0.25, 0.3) is 33.6 Å². The van der Waals surface area contributed by atoms with Crippen molar-refractivity contribution in [2.24, 2.45) is 5.73 Å². The number of furan rings is 1. The molecule has 0 fully saturated rings. The quantitative estimate of drug-likeness (QED) is 0.484. The molecule has 0 radical (unpaired) electrons. The van der Waals surface area contributed by atoms with Crippen molar-refractivity contribution in [1.82, 2.24) is 4.98 Å². The van der Waals surface area contributed by atoms with Crippen LogP contribution in [0, 0.1) is 0 Å². The average Bonchev–Trinajstić information content (AvgIpc) is 3.22. The smallest absolute Gasteiger partial charge is 0.248 e. The first-order chi connectivity index (χ1) is 14.9. The zero-order chi connectivity index (χ0) is 22.1. The second kappa shape index (κ2) is 7.91. The van der Waals surface area contributed by atoms with Gasteiger partial charge in [0, 0.05) is 29.0 Å². The van der Waals surface area contributed by atoms with Crippen molar-refractivity contribution in [2.45, 2.75) is 0 Å². The number of nitrogens with zero attached hydrogens (tertiary/aromatic N) is 1. The van der Waals surface area contributed by atoms with E-state index >= 15 is 0 Å². The molecule has 2 heterocycles. The summed E-state index contributed by atoms with van der Waals surface area (Å²) in [4.78, 5) is 16.0. The van der Waals surface area contributed by atoms with Crippen LogP contribution in [0.3, 0.4) is 0 Å². The van der Waals surface area contributed by atoms with Gasteiger partial charge in [0.2, 0.25) is 11.7 Å². The zero-order valence-electron chi connectivity index (χ0n) is 17.1. The maximum atomic E-state index is 11.6. The third-order valence-electron chi connectivity index (χ3n) is 4.87. The van der Waals surface area contributed by atoms with Gasteiger partial charge in [0.05, 0.1) is 21.3 Å². The number of phenolic OH excluding ortho intramolecular Hbond substituents is 1. The molecule has 3 N–H and O–H groups in total. The van der Waals surface area contributed by atoms with Gasteiger partial charge in [-0.15, -0.1) is 0 Å². The number of phenols is 1. The molecule has 4 aromatic rings. The molecule has 0 aliphatic heterocycles. The number of methoxy groups -OCH3 is 3. The number of rotatable bonds is 6. The van der Waals surface area contributed by atoms with E-state index in [2.05, 4.69) is 4.98 Å². The number of pyridine rings is 1. The molecule has 0 spiro atoms. The Hall–Kier alpha value is -4.20. The zero-order valence-corrected chi connectivity index (χ0v) is 17.1. The Morgan fingerprint density at radius 2 is 1.68 bits per heavy atom. The van der Waals surface area contributed by atoms with Gasteiger partial charge in [-0.1, -0.05) is 0 Å². The molecular weight excluding hydrogens is 400 g/mol. The minimum atomic E-state index is -0.639. The lowest BCUT2D eigenvalue weighted by atomic mass is 10.0. The van der Waals surface area contributed by atoms with Gasteiger partial charge in [0.25, 0.3) is 0 Å². The number of hydrogen-bond acceptors (Lipinski definition) is 7. The van der Waals surface area contributed by atoms with Crippen LogP contribution in [0.2, 0.25) is 0 Å². The lowest BCUT2D eigenvalue weighted by molar-refractivity contribution is 0.1000. The number of nitrogens with two attached hydrogens (primary N) is 1. The fraction of sp³-hybridized carbons (Fsp3) is 0.130. The molecule has 31 heavy (non-hydrogen) atoms. The third-order valence-corrected chi connectivity index (χ3v) is 4.87. The van der Waals surface area contributed by atoms with Crippen molar-refractivity contribution in [1.29, 1.82) is 0 Å². The van der Waals surface area contributed by atoms with E-state index in [1.54, 1.807) is 36.5 Å². The Morgan fingerprint density at radius 1 is 0.968 bits per heavy atom. The molecule has 8 heteroatoms. The highest BCUT2D eigenvalue weighted by atomic mass is 16.5. The number of hydrogen-bond donors (Lipinski definition) is 2. The second-order valence-electron chi connectivity index (χ2n) is 6.73. The monoisotopic (exact) mass is 420 g/mol. The van der Waals surface area contributed by atoms with Gasteiger partial charge in [0.1, 0.15) is 17.0 Å². The molecule has 0 bridgehead atoms. The van der Waals surface area contributed by atoms with Crippen LogP contribution in [0.4, 0.5) is 0 Å². The highest BCUT2D eigenvalue weighted by Crippen LogP contribution is 2.43. The van der Waals surface area contributed by atoms with Gasteiger partial charge in [0.15, 0.2) is 17.1 Å². The van der Waals surface area contributed by atoms with E-state index in [1.807, 2.05) is 0 Å². The average molecular weight is 420 g/mol. The van der Waals surface area contributed by atoms with Gasteiger partial charge in [-0.05, 0) is 42.0 Å². The predicted octanol–water partition coefficient (Wildman–Crippen LogP) is 3.99. The Balaban J connectivity index is 1.89. The summed E-state index contributed by atoms with van der Waals surface area (Å²) in [5.41, 5.74) is 8.60. The molecule has 0 unspecified atom stereocenters. The number of aromatic hydroxyl groups is 1. The fourth-order valence-corrected chi connectivity index (χ4v) is 3.44. The van der Waals surface area contributed by atoms with Gasteiger partial charge >= 0.3 is 0 Å². The van der Waals surface area contributed by atoms with Crippen molar-refractivity contribution >= 4 is 17.0 Å². The van der Waals surface area contributed by atoms with Crippen molar-refractivity contribution in [3.05, 3.63) is 54.2 Å². The van der Waals surface area contributed by atoms with E-state index in [0.717, 1.165) is 0 Å². The highest BCUT2D eigenvalue weighted by molar-refractivity contribution is 5.97. The summed E-state index contributed by atoms with van der Waals surface area (Å²) in [6.45, 7) is 0. The summed E-state index contributed by atoms with van der Waals surface area (Å²) in [5, 5.41) is 10.0. The van der Waals surface area contributed by atoms with Gasteiger partial charge in [-0.2, -0.15) is 0 Å². The van der Waals surface area contributed by atoms with Crippen molar-refractivity contribution in [2.75, 3.05) is 21.3 Å². The van der Waals surface area contributed by atoms with Crippen LogP contribution < -0.4 is 19.9 Å². The van der Waals surface area contributed by atoms with E-state index in [1.165, 1.54) is 33.5 Å². The Morgan fingerprint density at radius 3 is 2.29 bits per heavy atom. The molecule has 2 aromatic carbocycles. The fourth-order valence-electron chi connectivity index (χ4n) is 3.44. The van der Waals surface area contributed by atoms with Crippen LogP contribution in [-0.4, -0.2) is 37.3 Å². The highest BCUT2D eigenvalue weighted by Gasteiger charge is 2.18. The minimum absolute atomic E-state index is 0.0762. The lowest BCUT2D eigenvalue weighted by Gasteiger charge is -2.13. The van der Waals surface area contributed by atoms with E-state index < -0.39 is 5.91 Å². The van der Waals surface area contributed by atoms with Crippen LogP contribution in [0.5, 0.6) is 23.0 Å². The first kappa shape index (κ1) is 20.1. The van der Waals surface area contributed by atoms with E-state index in [-0.39, 0.29) is 11.3 Å². The minimum Gasteiger partial charge on any atom is -0.508 e. The number of carbonyl (C=O) groups excluding carboxylic acids is 1. The number of carbonyl (C=O) groups is 1. The first-order valence-corrected chi connectivity index (χ1v) is 9.28. The van der Waals surface area contributed by atoms with E-state index in [4.69, 9.17) is 24.4 Å². The maximum Gasteiger partial charge on any atom is 0.248 e. The Kier molecular flexibility index (Phi) is 5.12. The summed E-state index contributed by atoms with van der Waals surface area (Å²) < 4.78 is 22.4. The van der Waals surface area contributed by atoms with Gasteiger partial charge in [-0.3, -0.25) is 9.78 Å². The summed E-state index contributed by atoms with van der Waals surface area (Å²) >= 11 is 0. The molecule has 158 valence electrons. The molecule has 0 saturated carbocycles. The van der Waals surface area contributed by atoms with Crippen molar-refractivity contribution in [3.63, 3.8) is 0 Å². The number of primary amides is 1. The molecule has 2 aromatic heterocycles. The molecule has 1 amide bonds. The maximum absolute atomic E-state index is 11.6. The predicted molar refractivity (Wildman–Crippen MR) is 115 cm³/mol. The summed E-state index contributed by atoms with van der Waals surface area (Å²) in [7, 11) is 4.61. The lowest BCUT2D eigenvalue weighted by Crippen LogP contribution is -2.10. The topological polar surface area (TPSA) is 117 Å². The van der Waals surface area contributed by atoms with Crippen LogP contribution in [0.1, 0.15) is 10.4 Å². The Bertz CT molecular complexity index is 1270. The molecule has 0 aliphatic carbocycles. The Labute approximate surface area is 177 Å². The molecule has 0 saturated heterocycles. The number of amides is 1. The third kappa shape index (κ3) is 3.59. The SMILES string of the molecule is COc1cc(-c2cc3nccc(-c4cc(O)cc(C(N)=O)c4)c3o2)cc(OC)c1OC. The number of ether oxygens (including phenoxy) is 3. The van der Waals surface area contributed by atoms with E-state index in [0.29, 0.717) is 50.8 Å². The second-order valence-corrected chi connectivity index (χ2v) is 6.73. The number of fused-ring (bicyclic) bond motifs is 1. The molecule has 4 rings (SSSR count). The van der Waals surface area contributed by atoms with Crippen molar-refractivity contribution in [3.8, 4) is 45.4 Å². The normalized spacial score (nSPS) is 10.8. The largest absolute Gasteiger partial charge is 0.508 e. The first-order valence-electron chi connectivity index (χ1n) is 9.28. The number of benzene rings is 2. The van der Waals surface area contributed by atoms with Gasteiger partial charge in [-0.25, -0.2) is 0 Å². The van der Waals surface area contributed by atoms with Crippen molar-refractivity contribution < 1.29 is 28.5 Å². The summed E-state index contributed by atoms with van der Waals surface area (Å²) in [6.07, 6.45) is 1.63. The molecule has 0 aliphatic rings. The summed E-state index contributed by atoms with van der Waals surface area (Å²) in [5.74, 6) is 1.27. The van der Waals surface area contributed by atoms with Crippen LogP contribution in [0.15, 0.2) is 53.1 Å². The molecule has 0 atom stereocenters. The molecule has 8 nitrogen and oxygen atoms in total. The molecular formula is C23H20N2O6. The summed E-state index contributed by atoms with van der Waals surface area (Å²) in [6, 6.07) is 11.5. The van der Waals surface area contributed by atoms with Crippen LogP contribution in [-0.2, 0) is 0 Å². The van der Waals surface area contributed by atoms with Crippen LogP contribution >= 0.6 is 0 Å². The van der Waals surface area contributed by atoms with Gasteiger partial charge < -0.3 is 29.5 Å². The number of aromatic nitrogens is 1.